The first-order chi connectivity index (χ1) is 6.31. The molecule has 0 rings (SSSR count). The normalized spacial score (nSPS) is 12.8. The second-order valence-electron chi connectivity index (χ2n) is 3.18. The Balaban J connectivity index is 2.95. The average molecular weight is 187 g/mol. The van der Waals surface area contributed by atoms with E-state index in [0.717, 1.165) is 19.4 Å². The fourth-order valence-corrected chi connectivity index (χ4v) is 1.05. The Morgan fingerprint density at radius 2 is 2.08 bits per heavy atom. The molecule has 0 aliphatic rings. The standard InChI is InChI=1S/C10H21NO2/c1-2-3-4-5-6-7-11-8-10(13)9-12/h2,10-13H,1,3-9H2. The van der Waals surface area contributed by atoms with E-state index < -0.39 is 6.10 Å². The van der Waals surface area contributed by atoms with Crippen LogP contribution < -0.4 is 5.32 Å². The van der Waals surface area contributed by atoms with Crippen LogP contribution in [0.4, 0.5) is 0 Å². The Morgan fingerprint density at radius 3 is 2.69 bits per heavy atom. The first-order valence-corrected chi connectivity index (χ1v) is 4.91. The number of aliphatic hydroxyl groups excluding tert-OH is 2. The lowest BCUT2D eigenvalue weighted by Gasteiger charge is -2.08. The van der Waals surface area contributed by atoms with Crippen LogP contribution >= 0.6 is 0 Å². The number of hydrogen-bond acceptors (Lipinski definition) is 3. The Kier molecular flexibility index (Phi) is 9.42. The largest absolute Gasteiger partial charge is 0.394 e. The first-order valence-electron chi connectivity index (χ1n) is 4.91. The molecule has 0 aliphatic heterocycles. The van der Waals surface area contributed by atoms with E-state index in [1.54, 1.807) is 0 Å². The number of aliphatic hydroxyl groups is 2. The van der Waals surface area contributed by atoms with Gasteiger partial charge in [0.15, 0.2) is 0 Å². The van der Waals surface area contributed by atoms with Crippen LogP contribution in [0.3, 0.4) is 0 Å². The van der Waals surface area contributed by atoms with Crippen LogP contribution in [-0.4, -0.2) is 36.0 Å². The third-order valence-corrected chi connectivity index (χ3v) is 1.85. The van der Waals surface area contributed by atoms with Gasteiger partial charge in [0.25, 0.3) is 0 Å². The molecule has 3 nitrogen and oxygen atoms in total. The minimum absolute atomic E-state index is 0.163. The fraction of sp³-hybridized carbons (Fsp3) is 0.800. The number of hydrogen-bond donors (Lipinski definition) is 3. The van der Waals surface area contributed by atoms with Gasteiger partial charge < -0.3 is 15.5 Å². The zero-order valence-electron chi connectivity index (χ0n) is 8.21. The molecule has 1 unspecified atom stereocenters. The van der Waals surface area contributed by atoms with Gasteiger partial charge in [0, 0.05) is 6.54 Å². The number of unbranched alkanes of at least 4 members (excludes halogenated alkanes) is 3. The van der Waals surface area contributed by atoms with Gasteiger partial charge in [-0.15, -0.1) is 6.58 Å². The zero-order valence-corrected chi connectivity index (χ0v) is 8.21. The van der Waals surface area contributed by atoms with Crippen molar-refractivity contribution in [2.75, 3.05) is 19.7 Å². The summed E-state index contributed by atoms with van der Waals surface area (Å²) < 4.78 is 0. The van der Waals surface area contributed by atoms with Crippen LogP contribution in [-0.2, 0) is 0 Å². The minimum atomic E-state index is -0.617. The van der Waals surface area contributed by atoms with E-state index in [2.05, 4.69) is 11.9 Å². The molecule has 0 aliphatic carbocycles. The highest BCUT2D eigenvalue weighted by molar-refractivity contribution is 4.65. The van der Waals surface area contributed by atoms with Crippen molar-refractivity contribution in [3.63, 3.8) is 0 Å². The van der Waals surface area contributed by atoms with E-state index in [0.29, 0.717) is 6.54 Å². The van der Waals surface area contributed by atoms with Gasteiger partial charge in [-0.1, -0.05) is 12.5 Å². The summed E-state index contributed by atoms with van der Waals surface area (Å²) in [5.41, 5.74) is 0. The maximum atomic E-state index is 8.97. The lowest BCUT2D eigenvalue weighted by atomic mass is 10.2. The summed E-state index contributed by atoms with van der Waals surface area (Å²) in [6.07, 6.45) is 5.89. The molecule has 3 heteroatoms. The smallest absolute Gasteiger partial charge is 0.0894 e. The molecule has 13 heavy (non-hydrogen) atoms. The summed E-state index contributed by atoms with van der Waals surface area (Å²) in [5.74, 6) is 0. The second-order valence-corrected chi connectivity index (χ2v) is 3.18. The molecule has 0 heterocycles. The maximum absolute atomic E-state index is 8.97. The van der Waals surface area contributed by atoms with Crippen molar-refractivity contribution >= 4 is 0 Å². The Bertz CT molecular complexity index is 117. The molecule has 1 atom stereocenters. The van der Waals surface area contributed by atoms with E-state index >= 15 is 0 Å². The van der Waals surface area contributed by atoms with Crippen molar-refractivity contribution < 1.29 is 10.2 Å². The van der Waals surface area contributed by atoms with Gasteiger partial charge in [-0.3, -0.25) is 0 Å². The number of nitrogens with one attached hydrogen (secondary N) is 1. The van der Waals surface area contributed by atoms with E-state index in [-0.39, 0.29) is 6.61 Å². The lowest BCUT2D eigenvalue weighted by Crippen LogP contribution is -2.29. The van der Waals surface area contributed by atoms with Crippen molar-refractivity contribution in [3.05, 3.63) is 12.7 Å². The van der Waals surface area contributed by atoms with Gasteiger partial charge in [0.05, 0.1) is 12.7 Å². The van der Waals surface area contributed by atoms with Gasteiger partial charge in [-0.05, 0) is 25.8 Å². The number of rotatable bonds is 9. The van der Waals surface area contributed by atoms with Crippen molar-refractivity contribution in [2.24, 2.45) is 0 Å². The number of allylic oxidation sites excluding steroid dienone is 1. The molecule has 0 saturated carbocycles. The average Bonchev–Trinajstić information content (AvgIpc) is 2.16. The van der Waals surface area contributed by atoms with Crippen molar-refractivity contribution in [1.82, 2.24) is 5.32 Å². The van der Waals surface area contributed by atoms with Gasteiger partial charge >= 0.3 is 0 Å². The molecule has 0 aromatic heterocycles. The van der Waals surface area contributed by atoms with E-state index in [9.17, 15) is 0 Å². The summed E-state index contributed by atoms with van der Waals surface area (Å²) >= 11 is 0. The predicted octanol–water partition coefficient (Wildman–Crippen LogP) is 0.676. The molecular formula is C10H21NO2. The molecule has 3 N–H and O–H groups in total. The molecule has 0 amide bonds. The molecular weight excluding hydrogens is 166 g/mol. The van der Waals surface area contributed by atoms with Crippen LogP contribution in [0.5, 0.6) is 0 Å². The highest BCUT2D eigenvalue weighted by Crippen LogP contribution is 1.98. The van der Waals surface area contributed by atoms with Gasteiger partial charge in [-0.2, -0.15) is 0 Å². The van der Waals surface area contributed by atoms with E-state index in [4.69, 9.17) is 10.2 Å². The van der Waals surface area contributed by atoms with E-state index in [1.807, 2.05) is 6.08 Å². The molecule has 0 fully saturated rings. The van der Waals surface area contributed by atoms with Crippen molar-refractivity contribution in [1.29, 1.82) is 0 Å². The van der Waals surface area contributed by atoms with Crippen LogP contribution in [0.1, 0.15) is 25.7 Å². The highest BCUT2D eigenvalue weighted by atomic mass is 16.3. The SMILES string of the molecule is C=CCCCCCNCC(O)CO. The van der Waals surface area contributed by atoms with E-state index in [1.165, 1.54) is 12.8 Å². The van der Waals surface area contributed by atoms with Gasteiger partial charge in [-0.25, -0.2) is 0 Å². The molecule has 0 aromatic carbocycles. The fourth-order valence-electron chi connectivity index (χ4n) is 1.05. The quantitative estimate of drug-likeness (QED) is 0.367. The van der Waals surface area contributed by atoms with Crippen LogP contribution in [0.2, 0.25) is 0 Å². The predicted molar refractivity (Wildman–Crippen MR) is 54.6 cm³/mol. The second kappa shape index (κ2) is 9.71. The molecule has 0 spiro atoms. The minimum Gasteiger partial charge on any atom is -0.394 e. The molecule has 0 bridgehead atoms. The van der Waals surface area contributed by atoms with Crippen LogP contribution in [0.15, 0.2) is 12.7 Å². The summed E-state index contributed by atoms with van der Waals surface area (Å²) in [7, 11) is 0. The molecule has 78 valence electrons. The molecule has 0 aromatic rings. The Hall–Kier alpha value is -0.380. The van der Waals surface area contributed by atoms with Gasteiger partial charge in [0.1, 0.15) is 0 Å². The highest BCUT2D eigenvalue weighted by Gasteiger charge is 1.98. The van der Waals surface area contributed by atoms with Crippen molar-refractivity contribution in [2.45, 2.75) is 31.8 Å². The lowest BCUT2D eigenvalue weighted by molar-refractivity contribution is 0.0945. The topological polar surface area (TPSA) is 52.5 Å². The summed E-state index contributed by atoms with van der Waals surface area (Å²) in [6.45, 7) is 4.88. The Morgan fingerprint density at radius 1 is 1.31 bits per heavy atom. The first kappa shape index (κ1) is 12.6. The van der Waals surface area contributed by atoms with Crippen molar-refractivity contribution in [3.8, 4) is 0 Å². The summed E-state index contributed by atoms with van der Waals surface area (Å²) in [6, 6.07) is 0. The third kappa shape index (κ3) is 9.53. The van der Waals surface area contributed by atoms with Gasteiger partial charge in [0.2, 0.25) is 0 Å². The summed E-state index contributed by atoms with van der Waals surface area (Å²) in [5, 5.41) is 20.6. The molecule has 0 saturated heterocycles. The Labute approximate surface area is 80.5 Å². The van der Waals surface area contributed by atoms with Crippen LogP contribution in [0.25, 0.3) is 0 Å². The molecule has 0 radical (unpaired) electrons. The maximum Gasteiger partial charge on any atom is 0.0894 e. The van der Waals surface area contributed by atoms with Crippen LogP contribution in [0, 0.1) is 0 Å². The third-order valence-electron chi connectivity index (χ3n) is 1.85. The monoisotopic (exact) mass is 187 g/mol. The zero-order chi connectivity index (χ0) is 9.94. The summed E-state index contributed by atoms with van der Waals surface area (Å²) in [4.78, 5) is 0.